The van der Waals surface area contributed by atoms with Crippen LogP contribution in [0.4, 0.5) is 0 Å². The molecule has 0 radical (unpaired) electrons. The number of ether oxygens (including phenoxy) is 1. The van der Waals surface area contributed by atoms with Crippen LogP contribution in [0.3, 0.4) is 0 Å². The number of methoxy groups -OCH3 is 1. The molecule has 2 aromatic carbocycles. The maximum absolute atomic E-state index is 13.6. The SMILES string of the molecule is COc1ccc(Cl)cc1S(=O)(=O)N(Cc1ccccc1Br)[C@@H]1CCN(C#N)C1. The highest BCUT2D eigenvalue weighted by Crippen LogP contribution is 2.33. The Labute approximate surface area is 178 Å². The Bertz CT molecular complexity index is 1010. The third kappa shape index (κ3) is 4.28. The molecule has 2 aromatic rings. The van der Waals surface area contributed by atoms with E-state index >= 15 is 0 Å². The van der Waals surface area contributed by atoms with Crippen molar-refractivity contribution >= 4 is 37.6 Å². The highest BCUT2D eigenvalue weighted by atomic mass is 79.9. The normalized spacial score (nSPS) is 17.0. The van der Waals surface area contributed by atoms with Gasteiger partial charge in [0, 0.05) is 35.2 Å². The molecule has 0 bridgehead atoms. The lowest BCUT2D eigenvalue weighted by Crippen LogP contribution is -2.41. The zero-order chi connectivity index (χ0) is 20.3. The summed E-state index contributed by atoms with van der Waals surface area (Å²) >= 11 is 9.57. The lowest BCUT2D eigenvalue weighted by Gasteiger charge is -2.29. The maximum atomic E-state index is 13.6. The molecule has 1 saturated heterocycles. The van der Waals surface area contributed by atoms with Crippen LogP contribution >= 0.6 is 27.5 Å². The highest BCUT2D eigenvalue weighted by Gasteiger charge is 2.37. The van der Waals surface area contributed by atoms with Crippen LogP contribution in [0.2, 0.25) is 5.02 Å². The van der Waals surface area contributed by atoms with Crippen LogP contribution in [-0.4, -0.2) is 43.9 Å². The number of nitrogens with zero attached hydrogens (tertiary/aromatic N) is 3. The van der Waals surface area contributed by atoms with Gasteiger partial charge in [0.1, 0.15) is 10.6 Å². The predicted molar refractivity (Wildman–Crippen MR) is 110 cm³/mol. The van der Waals surface area contributed by atoms with Crippen molar-refractivity contribution in [3.8, 4) is 11.9 Å². The Morgan fingerprint density at radius 3 is 2.75 bits per heavy atom. The van der Waals surface area contributed by atoms with E-state index in [9.17, 15) is 13.7 Å². The van der Waals surface area contributed by atoms with E-state index in [1.165, 1.54) is 17.5 Å². The lowest BCUT2D eigenvalue weighted by molar-refractivity contribution is 0.311. The molecule has 9 heteroatoms. The Kier molecular flexibility index (Phi) is 6.50. The van der Waals surface area contributed by atoms with Gasteiger partial charge in [-0.3, -0.25) is 0 Å². The third-order valence-electron chi connectivity index (χ3n) is 4.71. The second kappa shape index (κ2) is 8.70. The van der Waals surface area contributed by atoms with Crippen LogP contribution in [0.1, 0.15) is 12.0 Å². The minimum atomic E-state index is -3.93. The number of sulfonamides is 1. The molecule has 1 heterocycles. The molecular formula is C19H19BrClN3O3S. The van der Waals surface area contributed by atoms with Crippen molar-refractivity contribution in [2.24, 2.45) is 0 Å². The van der Waals surface area contributed by atoms with Gasteiger partial charge in [0.05, 0.1) is 7.11 Å². The molecular weight excluding hydrogens is 466 g/mol. The van der Waals surface area contributed by atoms with Gasteiger partial charge in [-0.15, -0.1) is 0 Å². The molecule has 0 N–H and O–H groups in total. The second-order valence-electron chi connectivity index (χ2n) is 6.43. The van der Waals surface area contributed by atoms with E-state index in [2.05, 4.69) is 22.1 Å². The van der Waals surface area contributed by atoms with Gasteiger partial charge in [-0.1, -0.05) is 45.7 Å². The summed E-state index contributed by atoms with van der Waals surface area (Å²) in [5.74, 6) is 0.233. The number of benzene rings is 2. The Morgan fingerprint density at radius 2 is 2.11 bits per heavy atom. The van der Waals surface area contributed by atoms with Crippen LogP contribution in [0.5, 0.6) is 5.75 Å². The molecule has 0 aliphatic carbocycles. The molecule has 0 aromatic heterocycles. The van der Waals surface area contributed by atoms with E-state index < -0.39 is 10.0 Å². The minimum absolute atomic E-state index is 0.0185. The first-order valence-corrected chi connectivity index (χ1v) is 11.2. The van der Waals surface area contributed by atoms with E-state index in [0.29, 0.717) is 24.5 Å². The number of hydrogen-bond donors (Lipinski definition) is 0. The van der Waals surface area contributed by atoms with Gasteiger partial charge in [-0.05, 0) is 36.2 Å². The summed E-state index contributed by atoms with van der Waals surface area (Å²) < 4.78 is 34.8. The van der Waals surface area contributed by atoms with Crippen molar-refractivity contribution in [3.63, 3.8) is 0 Å². The number of hydrogen-bond acceptors (Lipinski definition) is 5. The summed E-state index contributed by atoms with van der Waals surface area (Å²) in [6.07, 6.45) is 2.67. The van der Waals surface area contributed by atoms with Gasteiger partial charge in [0.2, 0.25) is 10.0 Å². The fourth-order valence-corrected chi connectivity index (χ4v) is 5.71. The van der Waals surface area contributed by atoms with Crippen LogP contribution in [0.25, 0.3) is 0 Å². The van der Waals surface area contributed by atoms with Crippen molar-refractivity contribution in [3.05, 3.63) is 57.5 Å². The first-order valence-electron chi connectivity index (χ1n) is 8.60. The molecule has 148 valence electrons. The number of halogens is 2. The highest BCUT2D eigenvalue weighted by molar-refractivity contribution is 9.10. The molecule has 6 nitrogen and oxygen atoms in total. The fourth-order valence-electron chi connectivity index (χ4n) is 3.25. The molecule has 0 spiro atoms. The van der Waals surface area contributed by atoms with Gasteiger partial charge in [0.25, 0.3) is 0 Å². The first kappa shape index (κ1) is 20.9. The molecule has 0 unspecified atom stereocenters. The third-order valence-corrected chi connectivity index (χ3v) is 7.64. The monoisotopic (exact) mass is 483 g/mol. The van der Waals surface area contributed by atoms with Crippen molar-refractivity contribution in [2.75, 3.05) is 20.2 Å². The number of nitriles is 1. The van der Waals surface area contributed by atoms with Gasteiger partial charge in [-0.25, -0.2) is 8.42 Å². The minimum Gasteiger partial charge on any atom is -0.495 e. The molecule has 1 fully saturated rings. The summed E-state index contributed by atoms with van der Waals surface area (Å²) in [6, 6.07) is 11.7. The fraction of sp³-hybridized carbons (Fsp3) is 0.316. The standard InChI is InChI=1S/C19H19BrClN3O3S/c1-27-18-7-6-15(21)10-19(18)28(25,26)24(16-8-9-23(12-16)13-22)11-14-4-2-3-5-17(14)20/h2-7,10,16H,8-9,11-12H2,1H3/t16-/m1/s1. The van der Waals surface area contributed by atoms with E-state index in [1.807, 2.05) is 24.3 Å². The number of likely N-dealkylation sites (tertiary alicyclic amines) is 1. The van der Waals surface area contributed by atoms with Crippen LogP contribution < -0.4 is 4.74 Å². The van der Waals surface area contributed by atoms with E-state index in [4.69, 9.17) is 16.3 Å². The Hall–Kier alpha value is -1.79. The summed E-state index contributed by atoms with van der Waals surface area (Å²) in [4.78, 5) is 1.59. The molecule has 0 amide bonds. The van der Waals surface area contributed by atoms with Crippen molar-refractivity contribution < 1.29 is 13.2 Å². The van der Waals surface area contributed by atoms with E-state index in [-0.39, 0.29) is 23.2 Å². The van der Waals surface area contributed by atoms with Crippen molar-refractivity contribution in [1.29, 1.82) is 5.26 Å². The predicted octanol–water partition coefficient (Wildman–Crippen LogP) is 3.86. The average Bonchev–Trinajstić information content (AvgIpc) is 3.16. The van der Waals surface area contributed by atoms with Gasteiger partial charge < -0.3 is 9.64 Å². The average molecular weight is 485 g/mol. The summed E-state index contributed by atoms with van der Waals surface area (Å²) in [6.45, 7) is 1.04. The maximum Gasteiger partial charge on any atom is 0.247 e. The lowest BCUT2D eigenvalue weighted by atomic mass is 10.2. The molecule has 28 heavy (non-hydrogen) atoms. The summed E-state index contributed by atoms with van der Waals surface area (Å²) in [5.41, 5.74) is 0.836. The second-order valence-corrected chi connectivity index (χ2v) is 9.58. The number of rotatable bonds is 6. The molecule has 0 saturated carbocycles. The summed E-state index contributed by atoms with van der Waals surface area (Å²) in [5, 5.41) is 9.51. The zero-order valence-corrected chi connectivity index (χ0v) is 18.3. The topological polar surface area (TPSA) is 73.6 Å². The van der Waals surface area contributed by atoms with Crippen molar-refractivity contribution in [1.82, 2.24) is 9.21 Å². The zero-order valence-electron chi connectivity index (χ0n) is 15.2. The van der Waals surface area contributed by atoms with Gasteiger partial charge in [-0.2, -0.15) is 9.57 Å². The van der Waals surface area contributed by atoms with Crippen LogP contribution in [-0.2, 0) is 16.6 Å². The largest absolute Gasteiger partial charge is 0.495 e. The quantitative estimate of drug-likeness (QED) is 0.582. The van der Waals surface area contributed by atoms with Crippen molar-refractivity contribution in [2.45, 2.75) is 23.9 Å². The summed E-state index contributed by atoms with van der Waals surface area (Å²) in [7, 11) is -2.51. The van der Waals surface area contributed by atoms with E-state index in [1.54, 1.807) is 17.0 Å². The Balaban J connectivity index is 2.07. The van der Waals surface area contributed by atoms with Crippen LogP contribution in [0.15, 0.2) is 51.8 Å². The molecule has 1 aliphatic rings. The smallest absolute Gasteiger partial charge is 0.247 e. The first-order chi connectivity index (χ1) is 13.4. The van der Waals surface area contributed by atoms with E-state index in [0.717, 1.165) is 10.0 Å². The van der Waals surface area contributed by atoms with Crippen LogP contribution in [0, 0.1) is 11.5 Å². The van der Waals surface area contributed by atoms with Gasteiger partial charge in [0.15, 0.2) is 6.19 Å². The Morgan fingerprint density at radius 1 is 1.36 bits per heavy atom. The molecule has 1 atom stereocenters. The van der Waals surface area contributed by atoms with Gasteiger partial charge >= 0.3 is 0 Å². The molecule has 3 rings (SSSR count). The molecule has 1 aliphatic heterocycles.